The predicted molar refractivity (Wildman–Crippen MR) is 96.6 cm³/mol. The van der Waals surface area contributed by atoms with Crippen LogP contribution in [0.4, 0.5) is 0 Å². The van der Waals surface area contributed by atoms with Gasteiger partial charge in [-0.15, -0.1) is 0 Å². The average molecular weight is 358 g/mol. The molecule has 0 aromatic heterocycles. The Labute approximate surface area is 148 Å². The van der Waals surface area contributed by atoms with Gasteiger partial charge in [-0.05, 0) is 41.7 Å². The van der Waals surface area contributed by atoms with E-state index < -0.39 is 10.0 Å². The molecule has 1 heterocycles. The molecule has 25 heavy (non-hydrogen) atoms. The van der Waals surface area contributed by atoms with Crippen molar-refractivity contribution in [3.63, 3.8) is 0 Å². The summed E-state index contributed by atoms with van der Waals surface area (Å²) in [7, 11) is -3.56. The van der Waals surface area contributed by atoms with Gasteiger partial charge < -0.3 is 4.90 Å². The van der Waals surface area contributed by atoms with Crippen LogP contribution < -0.4 is 4.72 Å². The molecule has 6 heteroatoms. The lowest BCUT2D eigenvalue weighted by Crippen LogP contribution is -2.34. The number of nitrogens with zero attached hydrogens (tertiary/aromatic N) is 1. The van der Waals surface area contributed by atoms with Crippen LogP contribution in [0.15, 0.2) is 53.4 Å². The van der Waals surface area contributed by atoms with Crippen LogP contribution in [0.5, 0.6) is 0 Å². The number of sulfonamides is 1. The molecule has 2 aromatic rings. The van der Waals surface area contributed by atoms with E-state index in [-0.39, 0.29) is 10.8 Å². The van der Waals surface area contributed by atoms with Crippen molar-refractivity contribution in [3.8, 4) is 0 Å². The predicted octanol–water partition coefficient (Wildman–Crippen LogP) is 2.11. The Morgan fingerprint density at radius 1 is 1.12 bits per heavy atom. The molecule has 0 unspecified atom stereocenters. The summed E-state index contributed by atoms with van der Waals surface area (Å²) in [5, 5.41) is 0. The second-order valence-corrected chi connectivity index (χ2v) is 8.02. The second kappa shape index (κ2) is 7.37. The van der Waals surface area contributed by atoms with Gasteiger partial charge in [0, 0.05) is 26.6 Å². The van der Waals surface area contributed by atoms with E-state index in [9.17, 15) is 13.2 Å². The third-order valence-corrected chi connectivity index (χ3v) is 5.95. The van der Waals surface area contributed by atoms with E-state index in [4.69, 9.17) is 0 Å². The standard InChI is InChI=1S/C19H22N2O3S/c1-15(22)21-12-10-17-7-8-19(13-18(17)14-21)25(23,24)20-11-9-16-5-3-2-4-6-16/h2-8,13,20H,9-12,14H2,1H3. The fourth-order valence-electron chi connectivity index (χ4n) is 3.03. The van der Waals surface area contributed by atoms with Crippen molar-refractivity contribution in [1.82, 2.24) is 9.62 Å². The minimum atomic E-state index is -3.56. The van der Waals surface area contributed by atoms with Gasteiger partial charge in [-0.1, -0.05) is 36.4 Å². The van der Waals surface area contributed by atoms with E-state index in [1.165, 1.54) is 6.92 Å². The Hall–Kier alpha value is -2.18. The highest BCUT2D eigenvalue weighted by atomic mass is 32.2. The molecule has 0 saturated heterocycles. The lowest BCUT2D eigenvalue weighted by Gasteiger charge is -2.28. The number of carbonyl (C=O) groups is 1. The molecule has 2 aromatic carbocycles. The van der Waals surface area contributed by atoms with E-state index in [1.807, 2.05) is 36.4 Å². The summed E-state index contributed by atoms with van der Waals surface area (Å²) >= 11 is 0. The zero-order valence-corrected chi connectivity index (χ0v) is 15.1. The summed E-state index contributed by atoms with van der Waals surface area (Å²) in [5.41, 5.74) is 3.11. The van der Waals surface area contributed by atoms with Gasteiger partial charge in [0.1, 0.15) is 0 Å². The zero-order valence-electron chi connectivity index (χ0n) is 14.2. The monoisotopic (exact) mass is 358 g/mol. The van der Waals surface area contributed by atoms with Crippen LogP contribution in [-0.2, 0) is 34.2 Å². The van der Waals surface area contributed by atoms with Crippen LogP contribution in [0, 0.1) is 0 Å². The lowest BCUT2D eigenvalue weighted by molar-refractivity contribution is -0.129. The fourth-order valence-corrected chi connectivity index (χ4v) is 4.11. The number of benzene rings is 2. The topological polar surface area (TPSA) is 66.5 Å². The highest BCUT2D eigenvalue weighted by Gasteiger charge is 2.21. The quantitative estimate of drug-likeness (QED) is 0.890. The molecule has 0 spiro atoms. The van der Waals surface area contributed by atoms with Gasteiger partial charge in [-0.25, -0.2) is 13.1 Å². The van der Waals surface area contributed by atoms with E-state index >= 15 is 0 Å². The van der Waals surface area contributed by atoms with Crippen molar-refractivity contribution in [2.75, 3.05) is 13.1 Å². The Morgan fingerprint density at radius 3 is 2.60 bits per heavy atom. The number of fused-ring (bicyclic) bond motifs is 1. The van der Waals surface area contributed by atoms with Gasteiger partial charge in [0.25, 0.3) is 0 Å². The molecule has 1 amide bonds. The van der Waals surface area contributed by atoms with E-state index in [0.717, 1.165) is 23.1 Å². The van der Waals surface area contributed by atoms with Gasteiger partial charge in [0.05, 0.1) is 4.90 Å². The van der Waals surface area contributed by atoms with Crippen molar-refractivity contribution in [2.24, 2.45) is 0 Å². The molecule has 0 aliphatic carbocycles. The minimum absolute atomic E-state index is 0.0138. The molecule has 1 N–H and O–H groups in total. The van der Waals surface area contributed by atoms with Crippen molar-refractivity contribution >= 4 is 15.9 Å². The second-order valence-electron chi connectivity index (χ2n) is 6.25. The molecular formula is C19H22N2O3S. The van der Waals surface area contributed by atoms with Crippen molar-refractivity contribution in [3.05, 3.63) is 65.2 Å². The Bertz CT molecular complexity index is 863. The number of nitrogens with one attached hydrogen (secondary N) is 1. The first-order valence-electron chi connectivity index (χ1n) is 8.36. The fraction of sp³-hybridized carbons (Fsp3) is 0.316. The number of hydrogen-bond donors (Lipinski definition) is 1. The minimum Gasteiger partial charge on any atom is -0.338 e. The molecule has 1 aliphatic rings. The SMILES string of the molecule is CC(=O)N1CCc2ccc(S(=O)(=O)NCCc3ccccc3)cc2C1. The highest BCUT2D eigenvalue weighted by molar-refractivity contribution is 7.89. The third-order valence-electron chi connectivity index (χ3n) is 4.49. The maximum Gasteiger partial charge on any atom is 0.240 e. The molecule has 5 nitrogen and oxygen atoms in total. The third kappa shape index (κ3) is 4.27. The van der Waals surface area contributed by atoms with Crippen LogP contribution in [0.3, 0.4) is 0 Å². The number of amides is 1. The highest BCUT2D eigenvalue weighted by Crippen LogP contribution is 2.22. The molecule has 0 fully saturated rings. The molecule has 0 saturated carbocycles. The summed E-state index contributed by atoms with van der Waals surface area (Å²) < 4.78 is 27.7. The van der Waals surface area contributed by atoms with Crippen molar-refractivity contribution in [1.29, 1.82) is 0 Å². The van der Waals surface area contributed by atoms with Crippen LogP contribution in [0.2, 0.25) is 0 Å². The van der Waals surface area contributed by atoms with Crippen molar-refractivity contribution in [2.45, 2.75) is 31.2 Å². The van der Waals surface area contributed by atoms with Gasteiger partial charge in [0.2, 0.25) is 15.9 Å². The molecule has 1 aliphatic heterocycles. The summed E-state index contributed by atoms with van der Waals surface area (Å²) in [5.74, 6) is 0.0138. The van der Waals surface area contributed by atoms with Crippen LogP contribution in [0.25, 0.3) is 0 Å². The van der Waals surface area contributed by atoms with E-state index in [2.05, 4.69) is 4.72 Å². The number of hydrogen-bond acceptors (Lipinski definition) is 3. The summed E-state index contributed by atoms with van der Waals surface area (Å²) in [6, 6.07) is 15.0. The first-order valence-corrected chi connectivity index (χ1v) is 9.85. The summed E-state index contributed by atoms with van der Waals surface area (Å²) in [4.78, 5) is 13.6. The first-order chi connectivity index (χ1) is 12.0. The van der Waals surface area contributed by atoms with Gasteiger partial charge >= 0.3 is 0 Å². The molecule has 0 atom stereocenters. The molecular weight excluding hydrogens is 336 g/mol. The Kier molecular flexibility index (Phi) is 5.20. The Morgan fingerprint density at radius 2 is 1.88 bits per heavy atom. The molecule has 0 radical (unpaired) electrons. The van der Waals surface area contributed by atoms with Gasteiger partial charge in [0.15, 0.2) is 0 Å². The van der Waals surface area contributed by atoms with Crippen LogP contribution >= 0.6 is 0 Å². The van der Waals surface area contributed by atoms with Gasteiger partial charge in [-0.2, -0.15) is 0 Å². The smallest absolute Gasteiger partial charge is 0.240 e. The molecule has 0 bridgehead atoms. The zero-order chi connectivity index (χ0) is 17.9. The lowest BCUT2D eigenvalue weighted by atomic mass is 10.00. The number of rotatable bonds is 5. The molecule has 3 rings (SSSR count). The normalized spacial score (nSPS) is 14.2. The maximum absolute atomic E-state index is 12.5. The largest absolute Gasteiger partial charge is 0.338 e. The maximum atomic E-state index is 12.5. The first kappa shape index (κ1) is 17.6. The average Bonchev–Trinajstić information content (AvgIpc) is 2.61. The summed E-state index contributed by atoms with van der Waals surface area (Å²) in [6.45, 7) is 3.04. The Balaban J connectivity index is 1.70. The van der Waals surface area contributed by atoms with E-state index in [1.54, 1.807) is 17.0 Å². The van der Waals surface area contributed by atoms with Crippen LogP contribution in [-0.4, -0.2) is 32.3 Å². The van der Waals surface area contributed by atoms with E-state index in [0.29, 0.717) is 26.1 Å². The van der Waals surface area contributed by atoms with Gasteiger partial charge in [-0.3, -0.25) is 4.79 Å². The van der Waals surface area contributed by atoms with Crippen molar-refractivity contribution < 1.29 is 13.2 Å². The molecule has 132 valence electrons. The summed E-state index contributed by atoms with van der Waals surface area (Å²) in [6.07, 6.45) is 1.40. The van der Waals surface area contributed by atoms with Crippen LogP contribution in [0.1, 0.15) is 23.6 Å². The number of carbonyl (C=O) groups excluding carboxylic acids is 1.